The van der Waals surface area contributed by atoms with E-state index in [-0.39, 0.29) is 12.3 Å². The summed E-state index contributed by atoms with van der Waals surface area (Å²) in [6.07, 6.45) is 0.911. The first kappa shape index (κ1) is 11.4. The number of ketones is 1. The third-order valence-corrected chi connectivity index (χ3v) is 0.338. The molecule has 0 fully saturated rings. The van der Waals surface area contributed by atoms with E-state index in [0.717, 1.165) is 6.21 Å². The second-order valence-corrected chi connectivity index (χ2v) is 1.05. The summed E-state index contributed by atoms with van der Waals surface area (Å²) in [6.45, 7) is 7.44. The van der Waals surface area contributed by atoms with E-state index >= 15 is 0 Å². The zero-order chi connectivity index (χ0) is 8.41. The summed E-state index contributed by atoms with van der Waals surface area (Å²) in [7, 11) is 0. The Morgan fingerprint density at radius 3 is 2.40 bits per heavy atom. The molecule has 0 rings (SSSR count). The SMILES string of the molecule is C=C.CC(=O)/C=N/OC=O. The molecular formula is C6H9NO3. The standard InChI is InChI=1S/C4H5NO3.C2H4/c1-4(7)2-5-8-3-6;1-2/h2-3H,1H3;1-2H2/b5-2+;. The Morgan fingerprint density at radius 2 is 2.10 bits per heavy atom. The van der Waals surface area contributed by atoms with Crippen molar-refractivity contribution in [2.24, 2.45) is 5.16 Å². The third-order valence-electron chi connectivity index (χ3n) is 0.338. The maximum Gasteiger partial charge on any atom is 0.323 e. The molecule has 4 heteroatoms. The summed E-state index contributed by atoms with van der Waals surface area (Å²) in [5.41, 5.74) is 0. The largest absolute Gasteiger partial charge is 0.323 e. The summed E-state index contributed by atoms with van der Waals surface area (Å²) >= 11 is 0. The molecule has 0 aromatic rings. The normalized spacial score (nSPS) is 7.70. The van der Waals surface area contributed by atoms with Crippen molar-refractivity contribution in [1.82, 2.24) is 0 Å². The smallest absolute Gasteiger partial charge is 0.322 e. The van der Waals surface area contributed by atoms with Crippen molar-refractivity contribution < 1.29 is 14.4 Å². The lowest BCUT2D eigenvalue weighted by atomic mass is 10.5. The van der Waals surface area contributed by atoms with E-state index in [1.54, 1.807) is 0 Å². The molecule has 0 spiro atoms. The van der Waals surface area contributed by atoms with Gasteiger partial charge in [0.25, 0.3) is 0 Å². The van der Waals surface area contributed by atoms with E-state index in [2.05, 4.69) is 23.2 Å². The van der Waals surface area contributed by atoms with E-state index in [1.807, 2.05) is 0 Å². The van der Waals surface area contributed by atoms with Crippen LogP contribution in [0.2, 0.25) is 0 Å². The van der Waals surface area contributed by atoms with Crippen molar-refractivity contribution in [1.29, 1.82) is 0 Å². The molecule has 4 nitrogen and oxygen atoms in total. The molecule has 0 aromatic carbocycles. The van der Waals surface area contributed by atoms with Gasteiger partial charge in [-0.1, -0.05) is 5.16 Å². The van der Waals surface area contributed by atoms with Gasteiger partial charge in [0.15, 0.2) is 5.78 Å². The summed E-state index contributed by atoms with van der Waals surface area (Å²) in [6, 6.07) is 0. The molecule has 0 aromatic heterocycles. The molecule has 0 aliphatic carbocycles. The lowest BCUT2D eigenvalue weighted by Crippen LogP contribution is -1.90. The zero-order valence-corrected chi connectivity index (χ0v) is 5.74. The maximum absolute atomic E-state index is 9.97. The van der Waals surface area contributed by atoms with Gasteiger partial charge in [-0.05, 0) is 0 Å². The van der Waals surface area contributed by atoms with E-state index in [9.17, 15) is 9.59 Å². The Morgan fingerprint density at radius 1 is 1.60 bits per heavy atom. The second-order valence-electron chi connectivity index (χ2n) is 1.05. The fourth-order valence-electron chi connectivity index (χ4n) is 0.129. The van der Waals surface area contributed by atoms with Gasteiger partial charge in [0.2, 0.25) is 0 Å². The van der Waals surface area contributed by atoms with E-state index in [1.165, 1.54) is 6.92 Å². The quantitative estimate of drug-likeness (QED) is 0.190. The Hall–Kier alpha value is -1.45. The van der Waals surface area contributed by atoms with Crippen LogP contribution in [0.1, 0.15) is 6.92 Å². The molecule has 10 heavy (non-hydrogen) atoms. The van der Waals surface area contributed by atoms with Gasteiger partial charge in [0, 0.05) is 6.92 Å². The number of hydrogen-bond donors (Lipinski definition) is 0. The van der Waals surface area contributed by atoms with Gasteiger partial charge in [0.05, 0.1) is 0 Å². The minimum absolute atomic E-state index is 0.138. The number of Topliss-reactive ketones (excluding diaryl/α,β-unsaturated/α-hetero) is 1. The number of hydrogen-bond acceptors (Lipinski definition) is 4. The Bertz CT molecular complexity index is 131. The first-order chi connectivity index (χ1) is 4.77. The van der Waals surface area contributed by atoms with Crippen molar-refractivity contribution in [2.75, 3.05) is 0 Å². The van der Waals surface area contributed by atoms with Crippen LogP contribution >= 0.6 is 0 Å². The zero-order valence-electron chi connectivity index (χ0n) is 5.74. The average molecular weight is 143 g/mol. The van der Waals surface area contributed by atoms with Crippen LogP contribution < -0.4 is 0 Å². The molecule has 0 unspecified atom stereocenters. The summed E-state index contributed by atoms with van der Waals surface area (Å²) in [5.74, 6) is -0.258. The highest BCUT2D eigenvalue weighted by molar-refractivity contribution is 6.26. The molecule has 56 valence electrons. The molecule has 0 bridgehead atoms. The molecule has 0 saturated heterocycles. The van der Waals surface area contributed by atoms with Gasteiger partial charge >= 0.3 is 6.47 Å². The van der Waals surface area contributed by atoms with Crippen molar-refractivity contribution in [3.05, 3.63) is 13.2 Å². The van der Waals surface area contributed by atoms with Crippen molar-refractivity contribution in [3.8, 4) is 0 Å². The van der Waals surface area contributed by atoms with E-state index < -0.39 is 0 Å². The number of oxime groups is 1. The molecule has 0 aliphatic heterocycles. The van der Waals surface area contributed by atoms with Crippen LogP contribution in [0.15, 0.2) is 18.3 Å². The van der Waals surface area contributed by atoms with Gasteiger partial charge in [-0.3, -0.25) is 9.59 Å². The lowest BCUT2D eigenvalue weighted by Gasteiger charge is -1.77. The molecule has 0 aliphatic rings. The molecular weight excluding hydrogens is 134 g/mol. The molecule has 0 N–H and O–H groups in total. The average Bonchev–Trinajstić information content (AvgIpc) is 1.92. The van der Waals surface area contributed by atoms with Gasteiger partial charge in [0.1, 0.15) is 6.21 Å². The van der Waals surface area contributed by atoms with Crippen LogP contribution in [0.4, 0.5) is 0 Å². The fourth-order valence-corrected chi connectivity index (χ4v) is 0.129. The Labute approximate surface area is 59.2 Å². The highest BCUT2D eigenvalue weighted by atomic mass is 16.7. The van der Waals surface area contributed by atoms with Crippen molar-refractivity contribution in [2.45, 2.75) is 6.92 Å². The number of rotatable bonds is 3. The highest BCUT2D eigenvalue weighted by Gasteiger charge is 1.79. The summed E-state index contributed by atoms with van der Waals surface area (Å²) in [5, 5.41) is 2.95. The predicted octanol–water partition coefficient (Wildman–Crippen LogP) is 0.536. The first-order valence-electron chi connectivity index (χ1n) is 2.40. The number of carbonyl (C=O) groups is 2. The first-order valence-corrected chi connectivity index (χ1v) is 2.40. The Kier molecular flexibility index (Phi) is 11.9. The molecule has 0 saturated carbocycles. The topological polar surface area (TPSA) is 55.7 Å². The fraction of sp³-hybridized carbons (Fsp3) is 0.167. The lowest BCUT2D eigenvalue weighted by molar-refractivity contribution is -0.128. The van der Waals surface area contributed by atoms with Crippen molar-refractivity contribution >= 4 is 18.5 Å². The monoisotopic (exact) mass is 143 g/mol. The van der Waals surface area contributed by atoms with Crippen LogP contribution in [-0.4, -0.2) is 18.5 Å². The van der Waals surface area contributed by atoms with Gasteiger partial charge in [-0.15, -0.1) is 13.2 Å². The molecule has 0 atom stereocenters. The van der Waals surface area contributed by atoms with Gasteiger partial charge in [-0.25, -0.2) is 0 Å². The maximum atomic E-state index is 9.97. The Balaban J connectivity index is 0. The summed E-state index contributed by atoms with van der Waals surface area (Å²) in [4.78, 5) is 23.1. The highest BCUT2D eigenvalue weighted by Crippen LogP contribution is 1.65. The van der Waals surface area contributed by atoms with Gasteiger partial charge < -0.3 is 4.84 Å². The van der Waals surface area contributed by atoms with Crippen LogP contribution in [0.25, 0.3) is 0 Å². The van der Waals surface area contributed by atoms with Gasteiger partial charge in [-0.2, -0.15) is 0 Å². The molecule has 0 amide bonds. The minimum Gasteiger partial charge on any atom is -0.322 e. The van der Waals surface area contributed by atoms with Crippen LogP contribution in [0.5, 0.6) is 0 Å². The molecule has 0 heterocycles. The number of nitrogens with zero attached hydrogens (tertiary/aromatic N) is 1. The van der Waals surface area contributed by atoms with Crippen LogP contribution in [0, 0.1) is 0 Å². The van der Waals surface area contributed by atoms with Crippen LogP contribution in [-0.2, 0) is 14.4 Å². The predicted molar refractivity (Wildman–Crippen MR) is 37.6 cm³/mol. The molecule has 0 radical (unpaired) electrons. The van der Waals surface area contributed by atoms with E-state index in [0.29, 0.717) is 0 Å². The number of carbonyl (C=O) groups excluding carboxylic acids is 2. The third kappa shape index (κ3) is 16.0. The summed E-state index contributed by atoms with van der Waals surface area (Å²) < 4.78 is 0. The van der Waals surface area contributed by atoms with E-state index in [4.69, 9.17) is 0 Å². The second kappa shape index (κ2) is 10.5. The minimum atomic E-state index is -0.258. The van der Waals surface area contributed by atoms with Crippen molar-refractivity contribution in [3.63, 3.8) is 0 Å². The van der Waals surface area contributed by atoms with Crippen LogP contribution in [0.3, 0.4) is 0 Å².